The number of alkyl halides is 3. The van der Waals surface area contributed by atoms with E-state index in [1.165, 1.54) is 32.1 Å². The fourth-order valence-electron chi connectivity index (χ4n) is 4.22. The number of hydrogen-bond acceptors (Lipinski definition) is 0. The molecule has 4 bridgehead atoms. The summed E-state index contributed by atoms with van der Waals surface area (Å²) >= 11 is 12.1. The Balaban J connectivity index is 2.07. The molecule has 0 saturated heterocycles. The minimum absolute atomic E-state index is 0.402. The largest absolute Gasteiger partial charge is 0.0852 e. The van der Waals surface area contributed by atoms with Crippen molar-refractivity contribution < 1.29 is 0 Å². The Morgan fingerprint density at radius 2 is 1.43 bits per heavy atom. The van der Waals surface area contributed by atoms with Gasteiger partial charge in [-0.3, -0.25) is 0 Å². The smallest absolute Gasteiger partial charge is 0.0312 e. The van der Waals surface area contributed by atoms with Gasteiger partial charge in [-0.05, 0) is 43.9 Å². The second-order valence-electron chi connectivity index (χ2n) is 5.77. The van der Waals surface area contributed by atoms with Crippen LogP contribution in [0.1, 0.15) is 39.0 Å². The Hall–Kier alpha value is 1.44. The molecule has 3 heteroatoms. The summed E-state index contributed by atoms with van der Waals surface area (Å²) in [4.78, 5) is 0. The van der Waals surface area contributed by atoms with Gasteiger partial charge in [0.15, 0.2) is 0 Å². The molecule has 0 aromatic carbocycles. The molecule has 4 saturated carbocycles. The molecule has 0 aromatic heterocycles. The molecular weight excluding hydrogens is 372 g/mol. The highest BCUT2D eigenvalue weighted by Crippen LogP contribution is 2.69. The average molecular weight is 387 g/mol. The monoisotopic (exact) mass is 384 g/mol. The minimum Gasteiger partial charge on any atom is -0.0852 e. The molecule has 2 atom stereocenters. The topological polar surface area (TPSA) is 0 Å². The Bertz CT molecular complexity index is 268. The molecule has 0 nitrogen and oxygen atoms in total. The highest BCUT2D eigenvalue weighted by atomic mass is 79.9. The minimum atomic E-state index is 0.402. The zero-order valence-electron chi connectivity index (χ0n) is 8.32. The summed E-state index contributed by atoms with van der Waals surface area (Å²) in [7, 11) is 0. The Labute approximate surface area is 111 Å². The van der Waals surface area contributed by atoms with Crippen LogP contribution in [-0.4, -0.2) is 13.0 Å². The van der Waals surface area contributed by atoms with Gasteiger partial charge in [0.25, 0.3) is 0 Å². The van der Waals surface area contributed by atoms with Gasteiger partial charge in [0.2, 0.25) is 0 Å². The molecule has 14 heavy (non-hydrogen) atoms. The van der Waals surface area contributed by atoms with Crippen LogP contribution < -0.4 is 0 Å². The lowest BCUT2D eigenvalue weighted by Gasteiger charge is -2.65. The van der Waals surface area contributed by atoms with Gasteiger partial charge in [-0.15, -0.1) is 0 Å². The molecule has 0 N–H and O–H groups in total. The predicted molar refractivity (Wildman–Crippen MR) is 70.7 cm³/mol. The van der Waals surface area contributed by atoms with Crippen LogP contribution in [0.4, 0.5) is 0 Å². The lowest BCUT2D eigenvalue weighted by atomic mass is 9.52. The van der Waals surface area contributed by atoms with Gasteiger partial charge in [-0.2, -0.15) is 0 Å². The van der Waals surface area contributed by atoms with Crippen molar-refractivity contribution in [1.82, 2.24) is 0 Å². The third-order valence-electron chi connectivity index (χ3n) is 4.68. The number of halogens is 3. The Morgan fingerprint density at radius 3 is 1.86 bits per heavy atom. The van der Waals surface area contributed by atoms with Crippen molar-refractivity contribution in [2.24, 2.45) is 11.8 Å². The second-order valence-corrected chi connectivity index (χ2v) is 10.6. The van der Waals surface area contributed by atoms with Crippen LogP contribution in [0.5, 0.6) is 0 Å². The van der Waals surface area contributed by atoms with Gasteiger partial charge in [0, 0.05) is 13.0 Å². The second kappa shape index (κ2) is 2.81. The van der Waals surface area contributed by atoms with Crippen molar-refractivity contribution in [3.05, 3.63) is 0 Å². The van der Waals surface area contributed by atoms with E-state index in [0.29, 0.717) is 13.0 Å². The highest BCUT2D eigenvalue weighted by Gasteiger charge is 2.64. The summed E-state index contributed by atoms with van der Waals surface area (Å²) in [6.07, 6.45) is 6.78. The maximum atomic E-state index is 4.03. The quantitative estimate of drug-likeness (QED) is 0.532. The summed E-state index contributed by atoms with van der Waals surface area (Å²) in [6, 6.07) is 0. The highest BCUT2D eigenvalue weighted by molar-refractivity contribution is 9.11. The normalized spacial score (nSPS) is 66.0. The van der Waals surface area contributed by atoms with E-state index in [4.69, 9.17) is 0 Å². The molecule has 4 aliphatic rings. The number of hydrogen-bond donors (Lipinski definition) is 0. The Morgan fingerprint density at radius 1 is 0.929 bits per heavy atom. The van der Waals surface area contributed by atoms with Gasteiger partial charge < -0.3 is 0 Å². The lowest BCUT2D eigenvalue weighted by Crippen LogP contribution is -2.64. The van der Waals surface area contributed by atoms with Crippen LogP contribution in [0.2, 0.25) is 0 Å². The van der Waals surface area contributed by atoms with Crippen molar-refractivity contribution >= 4 is 47.8 Å². The van der Waals surface area contributed by atoms with Crippen molar-refractivity contribution in [1.29, 1.82) is 0 Å². The summed E-state index contributed by atoms with van der Waals surface area (Å²) in [5, 5.41) is 0. The molecule has 4 fully saturated rings. The molecule has 0 aliphatic heterocycles. The van der Waals surface area contributed by atoms with Gasteiger partial charge in [-0.1, -0.05) is 54.7 Å². The molecule has 0 spiro atoms. The van der Waals surface area contributed by atoms with E-state index in [-0.39, 0.29) is 0 Å². The predicted octanol–water partition coefficient (Wildman–Crippen LogP) is 4.63. The molecular formula is C11H15Br3. The maximum Gasteiger partial charge on any atom is 0.0312 e. The van der Waals surface area contributed by atoms with Crippen molar-refractivity contribution in [3.63, 3.8) is 0 Å². The summed E-state index contributed by atoms with van der Waals surface area (Å²) in [5.41, 5.74) is 0. The van der Waals surface area contributed by atoms with E-state index in [0.717, 1.165) is 11.8 Å². The number of rotatable bonds is 0. The van der Waals surface area contributed by atoms with E-state index >= 15 is 0 Å². The van der Waals surface area contributed by atoms with Crippen molar-refractivity contribution in [2.75, 3.05) is 0 Å². The van der Waals surface area contributed by atoms with Gasteiger partial charge in [-0.25, -0.2) is 0 Å². The molecule has 0 radical (unpaired) electrons. The third kappa shape index (κ3) is 1.27. The fraction of sp³-hybridized carbons (Fsp3) is 1.00. The first-order valence-electron chi connectivity index (χ1n) is 5.42. The van der Waals surface area contributed by atoms with E-state index in [1.54, 1.807) is 0 Å². The summed E-state index contributed by atoms with van der Waals surface area (Å²) in [6.45, 7) is 2.41. The zero-order chi connectivity index (χ0) is 10.2. The molecule has 2 unspecified atom stereocenters. The molecule has 0 aromatic rings. The molecule has 80 valence electrons. The van der Waals surface area contributed by atoms with E-state index in [9.17, 15) is 0 Å². The fourth-order valence-corrected chi connectivity index (χ4v) is 9.61. The van der Waals surface area contributed by atoms with Crippen LogP contribution in [0.15, 0.2) is 0 Å². The van der Waals surface area contributed by atoms with E-state index in [1.807, 2.05) is 0 Å². The molecule has 0 amide bonds. The maximum absolute atomic E-state index is 4.03. The SMILES string of the molecule is CC1C2(Br)CC3CC(Br)(C2)CC1(Br)C3. The van der Waals surface area contributed by atoms with Gasteiger partial charge in [0.05, 0.1) is 0 Å². The van der Waals surface area contributed by atoms with Crippen LogP contribution in [0.25, 0.3) is 0 Å². The average Bonchev–Trinajstić information content (AvgIpc) is 1.95. The third-order valence-corrected chi connectivity index (χ3v) is 8.15. The van der Waals surface area contributed by atoms with Crippen molar-refractivity contribution in [2.45, 2.75) is 52.0 Å². The lowest BCUT2D eigenvalue weighted by molar-refractivity contribution is 0.0392. The summed E-state index contributed by atoms with van der Waals surface area (Å²) < 4.78 is 1.23. The first kappa shape index (κ1) is 10.6. The molecule has 0 heterocycles. The Kier molecular flexibility index (Phi) is 2.13. The van der Waals surface area contributed by atoms with E-state index in [2.05, 4.69) is 54.7 Å². The first-order chi connectivity index (χ1) is 6.35. The zero-order valence-corrected chi connectivity index (χ0v) is 13.1. The van der Waals surface area contributed by atoms with Gasteiger partial charge in [0.1, 0.15) is 0 Å². The molecule has 4 aliphatic carbocycles. The van der Waals surface area contributed by atoms with Crippen LogP contribution in [0.3, 0.4) is 0 Å². The standard InChI is InChI=1S/C11H15Br3/c1-7-10(13)3-8-2-9(12,5-10)6-11(7,14)4-8/h7-8H,2-6H2,1H3. The van der Waals surface area contributed by atoms with Crippen LogP contribution in [-0.2, 0) is 0 Å². The van der Waals surface area contributed by atoms with Crippen LogP contribution in [0, 0.1) is 11.8 Å². The van der Waals surface area contributed by atoms with Crippen molar-refractivity contribution in [3.8, 4) is 0 Å². The molecule has 4 rings (SSSR count). The summed E-state index contributed by atoms with van der Waals surface area (Å²) in [5.74, 6) is 1.68. The van der Waals surface area contributed by atoms with Gasteiger partial charge >= 0.3 is 0 Å². The van der Waals surface area contributed by atoms with E-state index < -0.39 is 0 Å². The van der Waals surface area contributed by atoms with Crippen LogP contribution >= 0.6 is 47.8 Å². The first-order valence-corrected chi connectivity index (χ1v) is 7.80.